The molecule has 1 aromatic heterocycles. The van der Waals surface area contributed by atoms with Crippen LogP contribution in [0.4, 0.5) is 11.4 Å². The third-order valence-corrected chi connectivity index (χ3v) is 3.87. The number of benzene rings is 2. The Morgan fingerprint density at radius 2 is 2.05 bits per heavy atom. The highest BCUT2D eigenvalue weighted by Gasteiger charge is 2.15. The van der Waals surface area contributed by atoms with Crippen LogP contribution in [-0.4, -0.2) is 9.91 Å². The summed E-state index contributed by atoms with van der Waals surface area (Å²) in [5.41, 5.74) is 8.12. The summed E-state index contributed by atoms with van der Waals surface area (Å²) in [4.78, 5) is 14.7. The van der Waals surface area contributed by atoms with Crippen molar-refractivity contribution in [3.8, 4) is 0 Å². The first-order valence-electron chi connectivity index (χ1n) is 6.15. The molecule has 0 bridgehead atoms. The van der Waals surface area contributed by atoms with E-state index in [1.54, 1.807) is 12.1 Å². The van der Waals surface area contributed by atoms with Crippen LogP contribution in [0, 0.1) is 10.1 Å². The average Bonchev–Trinajstić information content (AvgIpc) is 2.88. The molecule has 0 saturated carbocycles. The first-order chi connectivity index (χ1) is 10.1. The number of nitrogen functional groups attached to an aromatic ring is 1. The van der Waals surface area contributed by atoms with Gasteiger partial charge in [-0.05, 0) is 17.7 Å². The number of nitrogens with zero attached hydrogens (tertiary/aromatic N) is 2. The molecule has 0 saturated heterocycles. The maximum absolute atomic E-state index is 10.9. The lowest BCUT2D eigenvalue weighted by Crippen LogP contribution is -1.99. The maximum atomic E-state index is 10.9. The van der Waals surface area contributed by atoms with E-state index in [4.69, 9.17) is 10.2 Å². The lowest BCUT2D eigenvalue weighted by Gasteiger charge is -2.03. The summed E-state index contributed by atoms with van der Waals surface area (Å²) in [6.45, 7) is 0. The van der Waals surface area contributed by atoms with Gasteiger partial charge in [-0.15, -0.1) is 0 Å². The van der Waals surface area contributed by atoms with E-state index in [1.807, 2.05) is 24.3 Å². The van der Waals surface area contributed by atoms with Crippen LogP contribution in [0.25, 0.3) is 11.1 Å². The van der Waals surface area contributed by atoms with E-state index < -0.39 is 4.92 Å². The summed E-state index contributed by atoms with van der Waals surface area (Å²) < 4.78 is 5.58. The predicted molar refractivity (Wildman–Crippen MR) is 81.1 cm³/mol. The van der Waals surface area contributed by atoms with Crippen LogP contribution < -0.4 is 5.73 Å². The highest BCUT2D eigenvalue weighted by molar-refractivity contribution is 7.98. The summed E-state index contributed by atoms with van der Waals surface area (Å²) in [7, 11) is 0. The molecule has 7 heteroatoms. The molecule has 0 atom stereocenters. The number of hydrogen-bond donors (Lipinski definition) is 1. The second-order valence-corrected chi connectivity index (χ2v) is 5.27. The molecular weight excluding hydrogens is 290 g/mol. The van der Waals surface area contributed by atoms with Gasteiger partial charge in [0.1, 0.15) is 11.2 Å². The van der Waals surface area contributed by atoms with Gasteiger partial charge >= 0.3 is 0 Å². The van der Waals surface area contributed by atoms with E-state index in [0.717, 1.165) is 5.52 Å². The SMILES string of the molecule is Nc1c(CSc2nc3ccccc3o2)cccc1[N+](=O)[O-]. The zero-order valence-electron chi connectivity index (χ0n) is 10.9. The Hall–Kier alpha value is -2.54. The van der Waals surface area contributed by atoms with Crippen molar-refractivity contribution in [2.75, 3.05) is 5.73 Å². The topological polar surface area (TPSA) is 95.2 Å². The number of oxazole rings is 1. The molecule has 0 aliphatic heterocycles. The fraction of sp³-hybridized carbons (Fsp3) is 0.0714. The molecule has 0 unspecified atom stereocenters. The number of para-hydroxylation sites is 3. The van der Waals surface area contributed by atoms with Crippen LogP contribution in [0.3, 0.4) is 0 Å². The molecule has 1 heterocycles. The zero-order valence-corrected chi connectivity index (χ0v) is 11.7. The predicted octanol–water partition coefficient (Wildman–Crippen LogP) is 3.61. The minimum absolute atomic E-state index is 0.0781. The first-order valence-corrected chi connectivity index (χ1v) is 7.14. The van der Waals surface area contributed by atoms with Gasteiger partial charge in [-0.2, -0.15) is 0 Å². The number of fused-ring (bicyclic) bond motifs is 1. The van der Waals surface area contributed by atoms with E-state index in [1.165, 1.54) is 17.8 Å². The van der Waals surface area contributed by atoms with Crippen LogP contribution in [-0.2, 0) is 5.75 Å². The van der Waals surface area contributed by atoms with E-state index in [2.05, 4.69) is 4.98 Å². The van der Waals surface area contributed by atoms with Gasteiger partial charge in [-0.1, -0.05) is 36.0 Å². The molecule has 21 heavy (non-hydrogen) atoms. The van der Waals surface area contributed by atoms with Crippen molar-refractivity contribution in [3.05, 3.63) is 58.1 Å². The quantitative estimate of drug-likeness (QED) is 0.342. The van der Waals surface area contributed by atoms with Crippen LogP contribution in [0.15, 0.2) is 52.1 Å². The second kappa shape index (κ2) is 5.45. The number of aromatic nitrogens is 1. The van der Waals surface area contributed by atoms with Crippen LogP contribution in [0.5, 0.6) is 0 Å². The van der Waals surface area contributed by atoms with Crippen molar-refractivity contribution in [3.63, 3.8) is 0 Å². The average molecular weight is 301 g/mol. The minimum Gasteiger partial charge on any atom is -0.431 e. The van der Waals surface area contributed by atoms with Crippen LogP contribution in [0.1, 0.15) is 5.56 Å². The van der Waals surface area contributed by atoms with Gasteiger partial charge in [-0.3, -0.25) is 10.1 Å². The summed E-state index contributed by atoms with van der Waals surface area (Å²) in [6, 6.07) is 12.2. The largest absolute Gasteiger partial charge is 0.431 e. The normalized spacial score (nSPS) is 10.9. The summed E-state index contributed by atoms with van der Waals surface area (Å²) in [5.74, 6) is 0.459. The van der Waals surface area contributed by atoms with Gasteiger partial charge in [0.25, 0.3) is 10.9 Å². The number of rotatable bonds is 4. The number of nitro benzene ring substituents is 1. The zero-order chi connectivity index (χ0) is 14.8. The Balaban J connectivity index is 1.81. The molecule has 6 nitrogen and oxygen atoms in total. The molecule has 0 amide bonds. The van der Waals surface area contributed by atoms with Gasteiger partial charge in [0, 0.05) is 11.8 Å². The van der Waals surface area contributed by atoms with Crippen molar-refractivity contribution < 1.29 is 9.34 Å². The van der Waals surface area contributed by atoms with E-state index in [0.29, 0.717) is 22.1 Å². The van der Waals surface area contributed by atoms with Gasteiger partial charge in [0.2, 0.25) is 0 Å². The fourth-order valence-electron chi connectivity index (χ4n) is 1.94. The Bertz CT molecular complexity index is 783. The third-order valence-electron chi connectivity index (χ3n) is 3.00. The van der Waals surface area contributed by atoms with Crippen molar-refractivity contribution in [2.24, 2.45) is 0 Å². The Morgan fingerprint density at radius 3 is 2.81 bits per heavy atom. The summed E-state index contributed by atoms with van der Waals surface area (Å²) in [5, 5.41) is 11.4. The molecule has 3 rings (SSSR count). The molecule has 0 aliphatic carbocycles. The summed E-state index contributed by atoms with van der Waals surface area (Å²) in [6.07, 6.45) is 0. The number of nitro groups is 1. The first kappa shape index (κ1) is 13.4. The monoisotopic (exact) mass is 301 g/mol. The lowest BCUT2D eigenvalue weighted by atomic mass is 10.2. The molecule has 0 aliphatic rings. The Morgan fingerprint density at radius 1 is 1.24 bits per heavy atom. The minimum atomic E-state index is -0.483. The van der Waals surface area contributed by atoms with E-state index >= 15 is 0 Å². The van der Waals surface area contributed by atoms with Gasteiger partial charge in [0.05, 0.1) is 4.92 Å². The highest BCUT2D eigenvalue weighted by Crippen LogP contribution is 2.31. The molecule has 0 radical (unpaired) electrons. The van der Waals surface area contributed by atoms with Crippen LogP contribution >= 0.6 is 11.8 Å². The highest BCUT2D eigenvalue weighted by atomic mass is 32.2. The van der Waals surface area contributed by atoms with Gasteiger partial charge < -0.3 is 10.2 Å². The standard InChI is InChI=1S/C14H11N3O3S/c15-13-9(4-3-6-11(13)17(18)19)8-21-14-16-10-5-1-2-7-12(10)20-14/h1-7H,8,15H2. The third kappa shape index (κ3) is 2.68. The Kier molecular flexibility index (Phi) is 3.49. The molecule has 106 valence electrons. The van der Waals surface area contributed by atoms with Crippen molar-refractivity contribution in [1.82, 2.24) is 4.98 Å². The second-order valence-electron chi connectivity index (χ2n) is 4.34. The van der Waals surface area contributed by atoms with Crippen LogP contribution in [0.2, 0.25) is 0 Å². The van der Waals surface area contributed by atoms with Crippen molar-refractivity contribution in [1.29, 1.82) is 0 Å². The molecule has 0 spiro atoms. The van der Waals surface area contributed by atoms with E-state index in [9.17, 15) is 10.1 Å². The smallest absolute Gasteiger partial charge is 0.292 e. The Labute approximate surface area is 124 Å². The number of hydrogen-bond acceptors (Lipinski definition) is 6. The molecule has 0 fully saturated rings. The van der Waals surface area contributed by atoms with Gasteiger partial charge in [-0.25, -0.2) is 4.98 Å². The van der Waals surface area contributed by atoms with Crippen molar-refractivity contribution in [2.45, 2.75) is 11.0 Å². The van der Waals surface area contributed by atoms with Crippen molar-refractivity contribution >= 4 is 34.2 Å². The molecule has 2 N–H and O–H groups in total. The maximum Gasteiger partial charge on any atom is 0.292 e. The molecule has 3 aromatic rings. The van der Waals surface area contributed by atoms with Gasteiger partial charge in [0.15, 0.2) is 5.58 Å². The number of anilines is 1. The molecule has 2 aromatic carbocycles. The summed E-state index contributed by atoms with van der Waals surface area (Å²) >= 11 is 1.35. The number of thioether (sulfide) groups is 1. The van der Waals surface area contributed by atoms with E-state index in [-0.39, 0.29) is 11.4 Å². The molecular formula is C14H11N3O3S. The number of nitrogens with two attached hydrogens (primary N) is 1. The lowest BCUT2D eigenvalue weighted by molar-refractivity contribution is -0.383. The fourth-order valence-corrected chi connectivity index (χ4v) is 2.78.